The van der Waals surface area contributed by atoms with Gasteiger partial charge in [0, 0.05) is 31.9 Å². The average Bonchev–Trinajstić information content (AvgIpc) is 2.56. The third kappa shape index (κ3) is 4.45. The highest BCUT2D eigenvalue weighted by Gasteiger charge is 2.28. The van der Waals surface area contributed by atoms with Crippen LogP contribution in [0.3, 0.4) is 0 Å². The molecule has 3 amide bonds. The summed E-state index contributed by atoms with van der Waals surface area (Å²) in [5.41, 5.74) is 1.66. The molecule has 0 radical (unpaired) electrons. The third-order valence-electron chi connectivity index (χ3n) is 3.60. The molecule has 0 atom stereocenters. The minimum absolute atomic E-state index is 0.316. The maximum Gasteiger partial charge on any atom is 0.409 e. The molecule has 1 aromatic carbocycles. The molecule has 1 saturated heterocycles. The first kappa shape index (κ1) is 16.8. The van der Waals surface area contributed by atoms with Crippen LogP contribution in [0.1, 0.15) is 12.5 Å². The minimum atomic E-state index is -0.668. The largest absolute Gasteiger partial charge is 0.450 e. The SMILES string of the molecule is CCOC(=O)N1CCN(C(=O)C(=O)Nc2ccc(C)cc2)CC1. The molecular weight excluding hydrogens is 298 g/mol. The lowest BCUT2D eigenvalue weighted by Gasteiger charge is -2.33. The summed E-state index contributed by atoms with van der Waals surface area (Å²) in [5, 5.41) is 2.59. The van der Waals surface area contributed by atoms with E-state index in [0.29, 0.717) is 38.5 Å². The molecule has 0 aliphatic carbocycles. The molecule has 0 saturated carbocycles. The Balaban J connectivity index is 1.85. The molecule has 0 aromatic heterocycles. The van der Waals surface area contributed by atoms with E-state index in [-0.39, 0.29) is 6.09 Å². The van der Waals surface area contributed by atoms with Crippen LogP contribution >= 0.6 is 0 Å². The van der Waals surface area contributed by atoms with Crippen molar-refractivity contribution in [3.8, 4) is 0 Å². The van der Waals surface area contributed by atoms with E-state index in [1.165, 1.54) is 9.80 Å². The van der Waals surface area contributed by atoms with E-state index in [0.717, 1.165) is 5.56 Å². The van der Waals surface area contributed by atoms with Gasteiger partial charge in [-0.25, -0.2) is 4.79 Å². The summed E-state index contributed by atoms with van der Waals surface area (Å²) >= 11 is 0. The van der Waals surface area contributed by atoms with Gasteiger partial charge in [-0.3, -0.25) is 9.59 Å². The number of ether oxygens (including phenoxy) is 1. The van der Waals surface area contributed by atoms with E-state index in [1.54, 1.807) is 19.1 Å². The van der Waals surface area contributed by atoms with Gasteiger partial charge in [-0.1, -0.05) is 17.7 Å². The molecule has 7 heteroatoms. The lowest BCUT2D eigenvalue weighted by molar-refractivity contribution is -0.144. The Bertz CT molecular complexity index is 577. The van der Waals surface area contributed by atoms with Crippen LogP contribution in [0, 0.1) is 6.92 Å². The Hall–Kier alpha value is -2.57. The molecule has 1 aliphatic heterocycles. The summed E-state index contributed by atoms with van der Waals surface area (Å²) < 4.78 is 4.92. The molecule has 1 aromatic rings. The summed E-state index contributed by atoms with van der Waals surface area (Å²) in [7, 11) is 0. The number of carbonyl (C=O) groups is 3. The normalized spacial score (nSPS) is 14.3. The quantitative estimate of drug-likeness (QED) is 0.832. The Kier molecular flexibility index (Phi) is 5.56. The zero-order chi connectivity index (χ0) is 16.8. The molecule has 1 N–H and O–H groups in total. The summed E-state index contributed by atoms with van der Waals surface area (Å²) in [4.78, 5) is 38.7. The molecule has 0 spiro atoms. The predicted octanol–water partition coefficient (Wildman–Crippen LogP) is 1.23. The van der Waals surface area contributed by atoms with Gasteiger partial charge in [0.15, 0.2) is 0 Å². The smallest absolute Gasteiger partial charge is 0.409 e. The molecule has 23 heavy (non-hydrogen) atoms. The van der Waals surface area contributed by atoms with Gasteiger partial charge in [0.1, 0.15) is 0 Å². The number of amides is 3. The fraction of sp³-hybridized carbons (Fsp3) is 0.438. The second-order valence-corrected chi connectivity index (χ2v) is 5.30. The Morgan fingerprint density at radius 3 is 2.17 bits per heavy atom. The van der Waals surface area contributed by atoms with Crippen LogP contribution in [-0.4, -0.2) is 60.5 Å². The highest BCUT2D eigenvalue weighted by molar-refractivity contribution is 6.39. The van der Waals surface area contributed by atoms with Crippen LogP contribution in [0.5, 0.6) is 0 Å². The molecule has 7 nitrogen and oxygen atoms in total. The first-order chi connectivity index (χ1) is 11.0. The summed E-state index contributed by atoms with van der Waals surface area (Å²) in [5.74, 6) is -1.26. The van der Waals surface area contributed by atoms with Crippen molar-refractivity contribution >= 4 is 23.6 Å². The van der Waals surface area contributed by atoms with Gasteiger partial charge in [-0.05, 0) is 26.0 Å². The minimum Gasteiger partial charge on any atom is -0.450 e. The highest BCUT2D eigenvalue weighted by Crippen LogP contribution is 2.10. The van der Waals surface area contributed by atoms with E-state index >= 15 is 0 Å². The van der Waals surface area contributed by atoms with Crippen molar-refractivity contribution in [1.29, 1.82) is 0 Å². The second kappa shape index (κ2) is 7.62. The number of nitrogens with one attached hydrogen (secondary N) is 1. The Morgan fingerprint density at radius 1 is 1.04 bits per heavy atom. The number of nitrogens with zero attached hydrogens (tertiary/aromatic N) is 2. The van der Waals surface area contributed by atoms with Crippen LogP contribution in [-0.2, 0) is 14.3 Å². The van der Waals surface area contributed by atoms with E-state index in [9.17, 15) is 14.4 Å². The maximum absolute atomic E-state index is 12.2. The monoisotopic (exact) mass is 319 g/mol. The van der Waals surface area contributed by atoms with Crippen molar-refractivity contribution in [1.82, 2.24) is 9.80 Å². The van der Waals surface area contributed by atoms with Gasteiger partial charge in [0.05, 0.1) is 6.61 Å². The summed E-state index contributed by atoms with van der Waals surface area (Å²) in [6, 6.07) is 7.22. The van der Waals surface area contributed by atoms with Crippen LogP contribution in [0.25, 0.3) is 0 Å². The van der Waals surface area contributed by atoms with E-state index in [2.05, 4.69) is 5.32 Å². The average molecular weight is 319 g/mol. The molecule has 1 heterocycles. The fourth-order valence-electron chi connectivity index (χ4n) is 2.27. The van der Waals surface area contributed by atoms with Gasteiger partial charge in [-0.2, -0.15) is 0 Å². The number of hydrogen-bond acceptors (Lipinski definition) is 4. The summed E-state index contributed by atoms with van der Waals surface area (Å²) in [6.45, 7) is 5.37. The molecule has 124 valence electrons. The Morgan fingerprint density at radius 2 is 1.61 bits per heavy atom. The molecule has 0 unspecified atom stereocenters. The highest BCUT2D eigenvalue weighted by atomic mass is 16.6. The topological polar surface area (TPSA) is 79.0 Å². The van der Waals surface area contributed by atoms with Gasteiger partial charge in [0.25, 0.3) is 0 Å². The number of rotatable bonds is 2. The summed E-state index contributed by atoms with van der Waals surface area (Å²) in [6.07, 6.45) is -0.385. The van der Waals surface area contributed by atoms with Crippen molar-refractivity contribution < 1.29 is 19.1 Å². The van der Waals surface area contributed by atoms with Gasteiger partial charge < -0.3 is 19.9 Å². The number of piperazine rings is 1. The van der Waals surface area contributed by atoms with Crippen molar-refractivity contribution in [2.24, 2.45) is 0 Å². The number of aryl methyl sites for hydroxylation is 1. The van der Waals surface area contributed by atoms with Gasteiger partial charge in [0.2, 0.25) is 0 Å². The van der Waals surface area contributed by atoms with Gasteiger partial charge in [-0.15, -0.1) is 0 Å². The fourth-order valence-corrected chi connectivity index (χ4v) is 2.27. The van der Waals surface area contributed by atoms with Gasteiger partial charge >= 0.3 is 17.9 Å². The van der Waals surface area contributed by atoms with Crippen LogP contribution in [0.15, 0.2) is 24.3 Å². The second-order valence-electron chi connectivity index (χ2n) is 5.30. The number of carbonyl (C=O) groups excluding carboxylic acids is 3. The zero-order valence-electron chi connectivity index (χ0n) is 13.4. The number of benzene rings is 1. The maximum atomic E-state index is 12.2. The van der Waals surface area contributed by atoms with Crippen LogP contribution < -0.4 is 5.32 Å². The first-order valence-electron chi connectivity index (χ1n) is 7.60. The predicted molar refractivity (Wildman–Crippen MR) is 85.0 cm³/mol. The third-order valence-corrected chi connectivity index (χ3v) is 3.60. The molecule has 2 rings (SSSR count). The zero-order valence-corrected chi connectivity index (χ0v) is 13.4. The lowest BCUT2D eigenvalue weighted by Crippen LogP contribution is -2.53. The van der Waals surface area contributed by atoms with E-state index in [1.807, 2.05) is 19.1 Å². The first-order valence-corrected chi connectivity index (χ1v) is 7.60. The van der Waals surface area contributed by atoms with E-state index in [4.69, 9.17) is 4.74 Å². The lowest BCUT2D eigenvalue weighted by atomic mass is 10.2. The Labute approximate surface area is 135 Å². The standard InChI is InChI=1S/C16H21N3O4/c1-3-23-16(22)19-10-8-18(9-11-19)15(21)14(20)17-13-6-4-12(2)5-7-13/h4-7H,3,8-11H2,1-2H3,(H,17,20). The van der Waals surface area contributed by atoms with E-state index < -0.39 is 11.8 Å². The molecule has 1 aliphatic rings. The molecule has 1 fully saturated rings. The van der Waals surface area contributed by atoms with Crippen molar-refractivity contribution in [3.63, 3.8) is 0 Å². The number of hydrogen-bond donors (Lipinski definition) is 1. The van der Waals surface area contributed by atoms with Crippen molar-refractivity contribution in [3.05, 3.63) is 29.8 Å². The van der Waals surface area contributed by atoms with Crippen LogP contribution in [0.2, 0.25) is 0 Å². The molecule has 0 bridgehead atoms. The van der Waals surface area contributed by atoms with Crippen molar-refractivity contribution in [2.45, 2.75) is 13.8 Å². The number of anilines is 1. The van der Waals surface area contributed by atoms with Crippen molar-refractivity contribution in [2.75, 3.05) is 38.1 Å². The van der Waals surface area contributed by atoms with Crippen LogP contribution in [0.4, 0.5) is 10.5 Å². The molecular formula is C16H21N3O4.